The van der Waals surface area contributed by atoms with Crippen LogP contribution in [0, 0.1) is 17.8 Å². The molecule has 4 rings (SSSR count). The number of para-hydroxylation sites is 1. The zero-order valence-electron chi connectivity index (χ0n) is 20.9. The van der Waals surface area contributed by atoms with Crippen molar-refractivity contribution in [3.05, 3.63) is 76.9 Å². The van der Waals surface area contributed by atoms with Crippen LogP contribution in [-0.2, 0) is 9.59 Å². The number of hydrogen-bond acceptors (Lipinski definition) is 5. The van der Waals surface area contributed by atoms with Crippen LogP contribution in [0.25, 0.3) is 6.08 Å². The van der Waals surface area contributed by atoms with Crippen LogP contribution in [0.2, 0.25) is 0 Å². The Labute approximate surface area is 212 Å². The van der Waals surface area contributed by atoms with Gasteiger partial charge in [-0.05, 0) is 68.0 Å². The number of rotatable bonds is 9. The smallest absolute Gasteiger partial charge is 0.238 e. The topological polar surface area (TPSA) is 98.1 Å². The number of phenolic OH excluding ortho intramolecular Hbond substituents is 1. The summed E-state index contributed by atoms with van der Waals surface area (Å²) in [6.45, 7) is 3.74. The van der Waals surface area contributed by atoms with Gasteiger partial charge in [-0.15, -0.1) is 0 Å². The van der Waals surface area contributed by atoms with Gasteiger partial charge in [-0.2, -0.15) is 0 Å². The summed E-state index contributed by atoms with van der Waals surface area (Å²) < 4.78 is 0. The summed E-state index contributed by atoms with van der Waals surface area (Å²) in [6, 6.07) is 15.9. The number of imide groups is 1. The number of anilines is 1. The molecule has 0 saturated carbocycles. The van der Waals surface area contributed by atoms with E-state index >= 15 is 0 Å². The molecule has 2 aromatic carbocycles. The van der Waals surface area contributed by atoms with Gasteiger partial charge in [0.05, 0.1) is 30.2 Å². The highest BCUT2D eigenvalue weighted by molar-refractivity contribution is 6.22. The summed E-state index contributed by atoms with van der Waals surface area (Å²) in [5.41, 5.74) is 4.22. The molecule has 6 nitrogen and oxygen atoms in total. The number of aromatic hydroxyl groups is 1. The molecule has 4 atom stereocenters. The summed E-state index contributed by atoms with van der Waals surface area (Å²) in [7, 11) is 0. The third-order valence-electron chi connectivity index (χ3n) is 7.40. The van der Waals surface area contributed by atoms with Crippen LogP contribution in [0.4, 0.5) is 5.69 Å². The van der Waals surface area contributed by atoms with Crippen LogP contribution in [-0.4, -0.2) is 39.8 Å². The summed E-state index contributed by atoms with van der Waals surface area (Å²) in [5, 5.41) is 31.5. The molecule has 2 amide bonds. The number of carbonyl (C=O) groups excluding carboxylic acids is 2. The average molecular weight is 490 g/mol. The van der Waals surface area contributed by atoms with Gasteiger partial charge in [-0.3, -0.25) is 14.5 Å². The lowest BCUT2D eigenvalue weighted by atomic mass is 9.67. The van der Waals surface area contributed by atoms with Crippen molar-refractivity contribution in [2.75, 3.05) is 11.5 Å². The zero-order valence-corrected chi connectivity index (χ0v) is 20.9. The van der Waals surface area contributed by atoms with E-state index in [9.17, 15) is 24.9 Å². The van der Waals surface area contributed by atoms with E-state index in [-0.39, 0.29) is 24.2 Å². The highest BCUT2D eigenvalue weighted by Crippen LogP contribution is 2.48. The first-order valence-electron chi connectivity index (χ1n) is 12.8. The SMILES string of the molecule is CCCC1=C([C@H](O)CC/C(C)=C/c2cccc(O)c2)[C@H](CO)[C@@H]2C(=O)N(c3ccccc3)C(=O)[C@@H]2C1. The maximum absolute atomic E-state index is 13.5. The van der Waals surface area contributed by atoms with E-state index in [0.29, 0.717) is 24.9 Å². The zero-order chi connectivity index (χ0) is 25.8. The lowest BCUT2D eigenvalue weighted by Gasteiger charge is -2.36. The average Bonchev–Trinajstić information content (AvgIpc) is 3.11. The van der Waals surface area contributed by atoms with E-state index < -0.39 is 23.9 Å². The van der Waals surface area contributed by atoms with Crippen molar-refractivity contribution in [1.82, 2.24) is 0 Å². The molecule has 0 radical (unpaired) electrons. The van der Waals surface area contributed by atoms with Gasteiger partial charge in [0.15, 0.2) is 0 Å². The number of phenols is 1. The number of aliphatic hydroxyl groups excluding tert-OH is 2. The molecule has 190 valence electrons. The molecule has 0 aromatic heterocycles. The molecular weight excluding hydrogens is 454 g/mol. The van der Waals surface area contributed by atoms with Crippen LogP contribution in [0.3, 0.4) is 0 Å². The second-order valence-corrected chi connectivity index (χ2v) is 9.92. The minimum atomic E-state index is -0.814. The highest BCUT2D eigenvalue weighted by atomic mass is 16.3. The summed E-state index contributed by atoms with van der Waals surface area (Å²) >= 11 is 0. The van der Waals surface area contributed by atoms with Crippen molar-refractivity contribution < 1.29 is 24.9 Å². The number of nitrogens with zero attached hydrogens (tertiary/aromatic N) is 1. The first kappa shape index (κ1) is 25.9. The number of allylic oxidation sites excluding steroid dienone is 2. The van der Waals surface area contributed by atoms with E-state index in [1.807, 2.05) is 25.1 Å². The predicted molar refractivity (Wildman–Crippen MR) is 140 cm³/mol. The van der Waals surface area contributed by atoms with Gasteiger partial charge in [0.2, 0.25) is 11.8 Å². The fraction of sp³-hybridized carbons (Fsp3) is 0.400. The number of benzene rings is 2. The van der Waals surface area contributed by atoms with Gasteiger partial charge in [0.25, 0.3) is 0 Å². The number of amides is 2. The predicted octanol–water partition coefficient (Wildman–Crippen LogP) is 4.85. The number of hydrogen-bond donors (Lipinski definition) is 3. The molecule has 1 aliphatic heterocycles. The first-order valence-corrected chi connectivity index (χ1v) is 12.8. The molecule has 1 aliphatic carbocycles. The van der Waals surface area contributed by atoms with Crippen LogP contribution in [0.1, 0.15) is 51.5 Å². The first-order chi connectivity index (χ1) is 17.3. The maximum Gasteiger partial charge on any atom is 0.238 e. The largest absolute Gasteiger partial charge is 0.508 e. The lowest BCUT2D eigenvalue weighted by molar-refractivity contribution is -0.123. The summed E-state index contributed by atoms with van der Waals surface area (Å²) in [5.74, 6) is -2.08. The molecule has 3 N–H and O–H groups in total. The summed E-state index contributed by atoms with van der Waals surface area (Å²) in [6.07, 6.45) is 4.24. The Hall–Kier alpha value is -3.22. The van der Waals surface area contributed by atoms with Crippen molar-refractivity contribution in [3.8, 4) is 5.75 Å². The highest BCUT2D eigenvalue weighted by Gasteiger charge is 2.55. The Morgan fingerprint density at radius 3 is 2.53 bits per heavy atom. The molecule has 2 aliphatic rings. The number of aliphatic hydroxyl groups is 2. The Kier molecular flexibility index (Phi) is 8.07. The van der Waals surface area contributed by atoms with E-state index in [0.717, 1.165) is 35.1 Å². The standard InChI is InChI=1S/C30H35NO5/c1-3-8-21-17-24-28(30(36)31(29(24)35)22-10-5-4-6-11-22)25(18-32)27(21)26(34)14-13-19(2)15-20-9-7-12-23(33)16-20/h4-7,9-12,15-16,24-26,28,32-34H,3,8,13-14,17-18H2,1-2H3/b19-15+/t24-,25+,26-,28-/m1/s1. The van der Waals surface area contributed by atoms with Crippen LogP contribution >= 0.6 is 0 Å². The molecular formula is C30H35NO5. The normalized spacial score (nSPS) is 23.3. The van der Waals surface area contributed by atoms with Crippen LogP contribution in [0.5, 0.6) is 5.75 Å². The molecule has 36 heavy (non-hydrogen) atoms. The van der Waals surface area contributed by atoms with Gasteiger partial charge >= 0.3 is 0 Å². The molecule has 1 fully saturated rings. The van der Waals surface area contributed by atoms with E-state index in [2.05, 4.69) is 6.92 Å². The van der Waals surface area contributed by atoms with Gasteiger partial charge in [-0.25, -0.2) is 0 Å². The molecule has 2 aromatic rings. The minimum Gasteiger partial charge on any atom is -0.508 e. The molecule has 0 unspecified atom stereocenters. The second kappa shape index (κ2) is 11.2. The van der Waals surface area contributed by atoms with Gasteiger partial charge in [0.1, 0.15) is 5.75 Å². The Morgan fingerprint density at radius 1 is 1.11 bits per heavy atom. The molecule has 6 heteroatoms. The number of fused-ring (bicyclic) bond motifs is 1. The molecule has 0 bridgehead atoms. The Bertz CT molecular complexity index is 1170. The molecule has 1 saturated heterocycles. The van der Waals surface area contributed by atoms with Crippen molar-refractivity contribution in [2.45, 2.75) is 52.1 Å². The third kappa shape index (κ3) is 5.15. The van der Waals surface area contributed by atoms with Crippen molar-refractivity contribution in [1.29, 1.82) is 0 Å². The van der Waals surface area contributed by atoms with Crippen molar-refractivity contribution >= 4 is 23.6 Å². The molecule has 1 heterocycles. The quantitative estimate of drug-likeness (QED) is 0.346. The minimum absolute atomic E-state index is 0.203. The second-order valence-electron chi connectivity index (χ2n) is 9.92. The Balaban J connectivity index is 1.58. The molecule has 0 spiro atoms. The van der Waals surface area contributed by atoms with Crippen LogP contribution < -0.4 is 4.90 Å². The summed E-state index contributed by atoms with van der Waals surface area (Å²) in [4.78, 5) is 28.1. The third-order valence-corrected chi connectivity index (χ3v) is 7.40. The van der Waals surface area contributed by atoms with Crippen molar-refractivity contribution in [2.24, 2.45) is 17.8 Å². The lowest BCUT2D eigenvalue weighted by Crippen LogP contribution is -2.39. The van der Waals surface area contributed by atoms with Gasteiger partial charge < -0.3 is 15.3 Å². The fourth-order valence-electron chi connectivity index (χ4n) is 5.82. The monoisotopic (exact) mass is 489 g/mol. The van der Waals surface area contributed by atoms with Crippen molar-refractivity contribution in [3.63, 3.8) is 0 Å². The van der Waals surface area contributed by atoms with Gasteiger partial charge in [-0.1, -0.05) is 60.9 Å². The number of carbonyl (C=O) groups is 2. The maximum atomic E-state index is 13.5. The van der Waals surface area contributed by atoms with E-state index in [1.165, 1.54) is 4.90 Å². The Morgan fingerprint density at radius 2 is 1.86 bits per heavy atom. The van der Waals surface area contributed by atoms with Gasteiger partial charge in [0, 0.05) is 5.92 Å². The van der Waals surface area contributed by atoms with Crippen LogP contribution in [0.15, 0.2) is 71.3 Å². The van der Waals surface area contributed by atoms with E-state index in [4.69, 9.17) is 0 Å². The fourth-order valence-corrected chi connectivity index (χ4v) is 5.82. The van der Waals surface area contributed by atoms with E-state index in [1.54, 1.807) is 42.5 Å².